The topological polar surface area (TPSA) is 42.0 Å². The molecule has 1 aliphatic heterocycles. The van der Waals surface area contributed by atoms with Gasteiger partial charge in [0.25, 0.3) is 0 Å². The molecule has 1 amide bonds. The van der Waals surface area contributed by atoms with Crippen LogP contribution in [0.5, 0.6) is 0 Å². The van der Waals surface area contributed by atoms with Crippen molar-refractivity contribution < 1.29 is 4.79 Å². The number of rotatable bonds is 1. The monoisotopic (exact) mass is 364 g/mol. The normalized spacial score (nSPS) is 43.6. The average Bonchev–Trinajstić information content (AvgIpc) is 2.93. The molecule has 0 radical (unpaired) electrons. The number of aromatic nitrogens is 1. The Bertz CT molecular complexity index is 772. The second-order valence-corrected chi connectivity index (χ2v) is 10.0. The van der Waals surface area contributed by atoms with Gasteiger partial charge >= 0.3 is 0 Å². The van der Waals surface area contributed by atoms with Gasteiger partial charge in [0, 0.05) is 25.4 Å². The van der Waals surface area contributed by atoms with Crippen LogP contribution < -0.4 is 5.32 Å². The highest BCUT2D eigenvalue weighted by atomic mass is 16.1. The van der Waals surface area contributed by atoms with Crippen molar-refractivity contribution in [3.05, 3.63) is 36.2 Å². The molecule has 3 aliphatic carbocycles. The SMILES string of the molecule is CC12CCC3C(CCC4CC(=O)NCCC43C)C1CC=C2c1cccnc1. The largest absolute Gasteiger partial charge is 0.356 e. The average molecular weight is 365 g/mol. The van der Waals surface area contributed by atoms with Crippen molar-refractivity contribution in [2.75, 3.05) is 6.54 Å². The molecule has 1 aromatic heterocycles. The Balaban J connectivity index is 1.45. The fraction of sp³-hybridized carbons (Fsp3) is 0.667. The van der Waals surface area contributed by atoms with Crippen molar-refractivity contribution in [2.45, 2.75) is 58.8 Å². The summed E-state index contributed by atoms with van der Waals surface area (Å²) in [7, 11) is 0. The standard InChI is InChI=1S/C24H32N2O/c1-23-11-13-26-22(27)14-17(23)5-6-18-20-8-7-19(16-4-3-12-25-15-16)24(20,2)10-9-21(18)23/h3-4,7,12,15,17-18,20-21H,5-6,8-11,13-14H2,1-2H3,(H,26,27). The van der Waals surface area contributed by atoms with Gasteiger partial charge in [-0.25, -0.2) is 0 Å². The number of pyridine rings is 1. The van der Waals surface area contributed by atoms with Crippen LogP contribution in [0.3, 0.4) is 0 Å². The zero-order valence-electron chi connectivity index (χ0n) is 16.7. The maximum absolute atomic E-state index is 12.1. The van der Waals surface area contributed by atoms with Crippen LogP contribution in [0.15, 0.2) is 30.6 Å². The predicted molar refractivity (Wildman–Crippen MR) is 108 cm³/mol. The molecule has 3 heteroatoms. The summed E-state index contributed by atoms with van der Waals surface area (Å²) in [5.41, 5.74) is 3.50. The Morgan fingerprint density at radius 2 is 2.04 bits per heavy atom. The Labute approximate surface area is 163 Å². The van der Waals surface area contributed by atoms with Crippen molar-refractivity contribution in [3.8, 4) is 0 Å². The van der Waals surface area contributed by atoms with Crippen molar-refractivity contribution in [2.24, 2.45) is 34.5 Å². The van der Waals surface area contributed by atoms with Gasteiger partial charge in [-0.15, -0.1) is 0 Å². The number of nitrogens with zero attached hydrogens (tertiary/aromatic N) is 1. The van der Waals surface area contributed by atoms with Gasteiger partial charge in [0.15, 0.2) is 0 Å². The molecule has 2 heterocycles. The lowest BCUT2D eigenvalue weighted by Crippen LogP contribution is -2.51. The highest BCUT2D eigenvalue weighted by Crippen LogP contribution is 2.66. The van der Waals surface area contributed by atoms with Crippen molar-refractivity contribution in [1.82, 2.24) is 10.3 Å². The highest BCUT2D eigenvalue weighted by Gasteiger charge is 2.58. The lowest BCUT2D eigenvalue weighted by molar-refractivity contribution is -0.124. The molecule has 0 bridgehead atoms. The lowest BCUT2D eigenvalue weighted by Gasteiger charge is -2.58. The third-order valence-corrected chi connectivity index (χ3v) is 9.04. The maximum atomic E-state index is 12.1. The van der Waals surface area contributed by atoms with Gasteiger partial charge in [0.2, 0.25) is 5.91 Å². The first-order chi connectivity index (χ1) is 13.0. The van der Waals surface area contributed by atoms with Crippen LogP contribution in [-0.4, -0.2) is 17.4 Å². The van der Waals surface area contributed by atoms with Crippen LogP contribution in [0.1, 0.15) is 64.4 Å². The number of fused-ring (bicyclic) bond motifs is 5. The van der Waals surface area contributed by atoms with Crippen molar-refractivity contribution in [1.29, 1.82) is 0 Å². The number of carbonyl (C=O) groups excluding carboxylic acids is 1. The maximum Gasteiger partial charge on any atom is 0.220 e. The summed E-state index contributed by atoms with van der Waals surface area (Å²) in [6, 6.07) is 4.31. The summed E-state index contributed by atoms with van der Waals surface area (Å²) in [5, 5.41) is 3.15. The predicted octanol–water partition coefficient (Wildman–Crippen LogP) is 4.84. The number of amides is 1. The smallest absolute Gasteiger partial charge is 0.220 e. The van der Waals surface area contributed by atoms with E-state index in [1.54, 1.807) is 5.57 Å². The zero-order chi connectivity index (χ0) is 18.6. The quantitative estimate of drug-likeness (QED) is 0.774. The van der Waals surface area contributed by atoms with E-state index in [-0.39, 0.29) is 5.91 Å². The minimum absolute atomic E-state index is 0.282. The Morgan fingerprint density at radius 1 is 1.15 bits per heavy atom. The van der Waals surface area contributed by atoms with E-state index in [1.807, 2.05) is 12.4 Å². The minimum Gasteiger partial charge on any atom is -0.356 e. The van der Waals surface area contributed by atoms with Crippen LogP contribution in [0.4, 0.5) is 0 Å². The van der Waals surface area contributed by atoms with Crippen molar-refractivity contribution >= 4 is 11.5 Å². The molecule has 1 aromatic rings. The molecule has 6 unspecified atom stereocenters. The van der Waals surface area contributed by atoms with E-state index in [2.05, 4.69) is 42.4 Å². The molecule has 3 fully saturated rings. The molecular weight excluding hydrogens is 332 g/mol. The Hall–Kier alpha value is -1.64. The number of hydrogen-bond donors (Lipinski definition) is 1. The third-order valence-electron chi connectivity index (χ3n) is 9.04. The molecular formula is C24H32N2O. The van der Waals surface area contributed by atoms with Crippen LogP contribution in [-0.2, 0) is 4.79 Å². The summed E-state index contributed by atoms with van der Waals surface area (Å²) in [4.78, 5) is 16.5. The van der Waals surface area contributed by atoms with E-state index in [0.717, 1.165) is 37.1 Å². The van der Waals surface area contributed by atoms with Gasteiger partial charge in [0.05, 0.1) is 0 Å². The summed E-state index contributed by atoms with van der Waals surface area (Å²) in [6.07, 6.45) is 14.7. The summed E-state index contributed by atoms with van der Waals surface area (Å²) < 4.78 is 0. The van der Waals surface area contributed by atoms with E-state index in [0.29, 0.717) is 16.7 Å². The summed E-state index contributed by atoms with van der Waals surface area (Å²) in [6.45, 7) is 5.91. The van der Waals surface area contributed by atoms with Gasteiger partial charge in [-0.1, -0.05) is 26.0 Å². The summed E-state index contributed by atoms with van der Waals surface area (Å²) >= 11 is 0. The van der Waals surface area contributed by atoms with E-state index in [9.17, 15) is 4.79 Å². The second kappa shape index (κ2) is 6.18. The molecule has 0 spiro atoms. The molecule has 27 heavy (non-hydrogen) atoms. The molecule has 1 saturated heterocycles. The molecule has 0 aromatic carbocycles. The van der Waals surface area contributed by atoms with E-state index < -0.39 is 0 Å². The first kappa shape index (κ1) is 17.5. The number of allylic oxidation sites excluding steroid dienone is 2. The number of hydrogen-bond acceptors (Lipinski definition) is 2. The number of nitrogens with one attached hydrogen (secondary N) is 1. The molecule has 2 saturated carbocycles. The van der Waals surface area contributed by atoms with E-state index in [1.165, 1.54) is 37.7 Å². The van der Waals surface area contributed by atoms with E-state index >= 15 is 0 Å². The van der Waals surface area contributed by atoms with Crippen LogP contribution >= 0.6 is 0 Å². The van der Waals surface area contributed by atoms with Gasteiger partial charge < -0.3 is 5.32 Å². The zero-order valence-corrected chi connectivity index (χ0v) is 16.7. The Morgan fingerprint density at radius 3 is 2.85 bits per heavy atom. The first-order valence-electron chi connectivity index (χ1n) is 10.9. The minimum atomic E-state index is 0.282. The van der Waals surface area contributed by atoms with E-state index in [4.69, 9.17) is 0 Å². The van der Waals surface area contributed by atoms with Crippen LogP contribution in [0.25, 0.3) is 5.57 Å². The molecule has 5 rings (SSSR count). The van der Waals surface area contributed by atoms with Crippen LogP contribution in [0.2, 0.25) is 0 Å². The fourth-order valence-electron chi connectivity index (χ4n) is 7.56. The molecule has 144 valence electrons. The van der Waals surface area contributed by atoms with Gasteiger partial charge in [0.1, 0.15) is 0 Å². The molecule has 6 atom stereocenters. The first-order valence-corrected chi connectivity index (χ1v) is 10.9. The van der Waals surface area contributed by atoms with Crippen molar-refractivity contribution in [3.63, 3.8) is 0 Å². The molecule has 3 nitrogen and oxygen atoms in total. The van der Waals surface area contributed by atoms with Gasteiger partial charge in [-0.2, -0.15) is 0 Å². The summed E-state index contributed by atoms with van der Waals surface area (Å²) in [5.74, 6) is 3.21. The molecule has 1 N–H and O–H groups in total. The van der Waals surface area contributed by atoms with Crippen LogP contribution in [0, 0.1) is 34.5 Å². The fourth-order valence-corrected chi connectivity index (χ4v) is 7.56. The third kappa shape index (κ3) is 2.53. The second-order valence-electron chi connectivity index (χ2n) is 10.0. The lowest BCUT2D eigenvalue weighted by atomic mass is 9.46. The highest BCUT2D eigenvalue weighted by molar-refractivity contribution is 5.76. The van der Waals surface area contributed by atoms with Gasteiger partial charge in [-0.05, 0) is 90.2 Å². The number of carbonyl (C=O) groups is 1. The molecule has 4 aliphatic rings. The van der Waals surface area contributed by atoms with Gasteiger partial charge in [-0.3, -0.25) is 9.78 Å². The Kier molecular flexibility index (Phi) is 4.00.